The third-order valence-corrected chi connectivity index (χ3v) is 5.75. The number of hydrogen-bond donors (Lipinski definition) is 1. The van der Waals surface area contributed by atoms with E-state index in [1.54, 1.807) is 27.0 Å². The number of carbonyl (C=O) groups excluding carboxylic acids is 3. The third-order valence-electron chi connectivity index (χ3n) is 5.75. The van der Waals surface area contributed by atoms with Crippen molar-refractivity contribution < 1.29 is 19.1 Å². The molecule has 0 saturated carbocycles. The minimum atomic E-state index is -0.661. The first-order valence-electron chi connectivity index (χ1n) is 12.5. The minimum Gasteiger partial charge on any atom is -0.463 e. The highest BCUT2D eigenvalue weighted by molar-refractivity contribution is 5.90. The number of likely N-dealkylation sites (tertiary alicyclic amines) is 1. The summed E-state index contributed by atoms with van der Waals surface area (Å²) < 4.78 is 4.96. The zero-order valence-electron chi connectivity index (χ0n) is 22.9. The van der Waals surface area contributed by atoms with Gasteiger partial charge in [0.1, 0.15) is 6.04 Å². The number of amides is 2. The Morgan fingerprint density at radius 2 is 1.82 bits per heavy atom. The van der Waals surface area contributed by atoms with E-state index in [2.05, 4.69) is 30.0 Å². The molecule has 7 nitrogen and oxygen atoms in total. The second-order valence-corrected chi connectivity index (χ2v) is 9.67. The van der Waals surface area contributed by atoms with Crippen LogP contribution in [-0.2, 0) is 19.1 Å². The molecule has 1 fully saturated rings. The molecule has 1 heterocycles. The second-order valence-electron chi connectivity index (χ2n) is 9.67. The molecule has 0 aromatic carbocycles. The number of nitrogens with one attached hydrogen (secondary N) is 1. The van der Waals surface area contributed by atoms with Gasteiger partial charge in [0.05, 0.1) is 18.2 Å². The van der Waals surface area contributed by atoms with Crippen LogP contribution in [0, 0.1) is 18.3 Å². The smallest absolute Gasteiger partial charge is 0.333 e. The Balaban J connectivity index is 0.00000343. The number of ether oxygens (including phenoxy) is 1. The lowest BCUT2D eigenvalue weighted by molar-refractivity contribution is -0.139. The zero-order chi connectivity index (χ0) is 26.5. The van der Waals surface area contributed by atoms with Gasteiger partial charge in [0.15, 0.2) is 0 Å². The molecular formula is C27H47N3O4. The van der Waals surface area contributed by atoms with Crippen LogP contribution in [-0.4, -0.2) is 72.0 Å². The maximum Gasteiger partial charge on any atom is 0.333 e. The highest BCUT2D eigenvalue weighted by Crippen LogP contribution is 2.26. The Labute approximate surface area is 207 Å². The standard InChI is InChI=1S/C24H39N3O4.C3H8/c1-9-24(6,7)27-15-12-11-13-19(27)21(28)25-20(17(3)4)22(29)26(8)16-14-18(5)23(30)31-10-2;1-3-2/h1,14,17,19-20H,10-13,15-16H2,2-8H3,(H,25,28);3H2,1-2H3/b18-14+;. The summed E-state index contributed by atoms with van der Waals surface area (Å²) in [7, 11) is 1.66. The SMILES string of the molecule is C#CC(C)(C)N1CCCCC1C(=O)NC(C(=O)N(C)C/C=C(\C)C(=O)OCC)C(C)C.CCC. The van der Waals surface area contributed by atoms with Crippen LogP contribution in [0.1, 0.15) is 81.1 Å². The molecule has 7 heteroatoms. The molecule has 1 saturated heterocycles. The van der Waals surface area contributed by atoms with Crippen molar-refractivity contribution in [3.8, 4) is 12.3 Å². The summed E-state index contributed by atoms with van der Waals surface area (Å²) in [5.41, 5.74) is -0.0904. The summed E-state index contributed by atoms with van der Waals surface area (Å²) in [6.45, 7) is 16.6. The lowest BCUT2D eigenvalue weighted by Gasteiger charge is -2.43. The van der Waals surface area contributed by atoms with Crippen molar-refractivity contribution in [2.45, 2.75) is 98.7 Å². The van der Waals surface area contributed by atoms with E-state index < -0.39 is 17.6 Å². The van der Waals surface area contributed by atoms with Crippen molar-refractivity contribution in [2.24, 2.45) is 5.92 Å². The molecule has 1 N–H and O–H groups in total. The summed E-state index contributed by atoms with van der Waals surface area (Å²) >= 11 is 0. The average molecular weight is 478 g/mol. The maximum atomic E-state index is 13.2. The zero-order valence-corrected chi connectivity index (χ0v) is 22.9. The first kappa shape index (κ1) is 31.7. The van der Waals surface area contributed by atoms with Crippen molar-refractivity contribution >= 4 is 17.8 Å². The van der Waals surface area contributed by atoms with Gasteiger partial charge in [-0.05, 0) is 46.5 Å². The molecule has 1 rings (SSSR count). The summed E-state index contributed by atoms with van der Waals surface area (Å²) in [5.74, 6) is 1.93. The lowest BCUT2D eigenvalue weighted by Crippen LogP contribution is -2.60. The maximum absolute atomic E-state index is 13.2. The molecule has 0 aromatic heterocycles. The van der Waals surface area contributed by atoms with Crippen LogP contribution >= 0.6 is 0 Å². The highest BCUT2D eigenvalue weighted by atomic mass is 16.5. The number of piperidine rings is 1. The van der Waals surface area contributed by atoms with Crippen LogP contribution in [0.3, 0.4) is 0 Å². The Kier molecular flexibility index (Phi) is 14.5. The minimum absolute atomic E-state index is 0.0910. The molecule has 0 aliphatic carbocycles. The summed E-state index contributed by atoms with van der Waals surface area (Å²) in [5, 5.41) is 2.97. The van der Waals surface area contributed by atoms with E-state index in [1.807, 2.05) is 27.7 Å². The Morgan fingerprint density at radius 1 is 1.24 bits per heavy atom. The summed E-state index contributed by atoms with van der Waals surface area (Å²) in [6.07, 6.45) is 11.3. The van der Waals surface area contributed by atoms with Gasteiger partial charge in [-0.1, -0.05) is 52.5 Å². The fraction of sp³-hybridized carbons (Fsp3) is 0.741. The number of likely N-dealkylation sites (N-methyl/N-ethyl adjacent to an activating group) is 1. The van der Waals surface area contributed by atoms with Gasteiger partial charge in [-0.3, -0.25) is 14.5 Å². The normalized spacial score (nSPS) is 17.7. The van der Waals surface area contributed by atoms with Crippen LogP contribution in [0.15, 0.2) is 11.6 Å². The van der Waals surface area contributed by atoms with E-state index in [0.717, 1.165) is 19.4 Å². The molecular weight excluding hydrogens is 430 g/mol. The number of nitrogens with zero attached hydrogens (tertiary/aromatic N) is 2. The largest absolute Gasteiger partial charge is 0.463 e. The van der Waals surface area contributed by atoms with Crippen LogP contribution < -0.4 is 5.32 Å². The molecule has 1 aliphatic rings. The van der Waals surface area contributed by atoms with Gasteiger partial charge in [0, 0.05) is 25.7 Å². The average Bonchev–Trinajstić information content (AvgIpc) is 2.80. The molecule has 2 unspecified atom stereocenters. The van der Waals surface area contributed by atoms with Crippen molar-refractivity contribution in [2.75, 3.05) is 26.7 Å². The van der Waals surface area contributed by atoms with E-state index in [9.17, 15) is 14.4 Å². The fourth-order valence-electron chi connectivity index (χ4n) is 3.65. The van der Waals surface area contributed by atoms with Gasteiger partial charge in [0.2, 0.25) is 11.8 Å². The van der Waals surface area contributed by atoms with Crippen LogP contribution in [0.5, 0.6) is 0 Å². The summed E-state index contributed by atoms with van der Waals surface area (Å²) in [4.78, 5) is 41.6. The number of carbonyl (C=O) groups is 3. The van der Waals surface area contributed by atoms with E-state index in [-0.39, 0.29) is 30.3 Å². The first-order chi connectivity index (χ1) is 15.9. The third kappa shape index (κ3) is 9.89. The lowest BCUT2D eigenvalue weighted by atomic mass is 9.92. The Hall–Kier alpha value is -2.33. The molecule has 34 heavy (non-hydrogen) atoms. The molecule has 0 spiro atoms. The topological polar surface area (TPSA) is 79.0 Å². The van der Waals surface area contributed by atoms with E-state index in [4.69, 9.17) is 11.2 Å². The van der Waals surface area contributed by atoms with Crippen LogP contribution in [0.25, 0.3) is 0 Å². The van der Waals surface area contributed by atoms with Crippen molar-refractivity contribution in [1.29, 1.82) is 0 Å². The van der Waals surface area contributed by atoms with Gasteiger partial charge >= 0.3 is 5.97 Å². The molecule has 2 amide bonds. The number of hydrogen-bond acceptors (Lipinski definition) is 5. The first-order valence-corrected chi connectivity index (χ1v) is 12.5. The van der Waals surface area contributed by atoms with Gasteiger partial charge < -0.3 is 15.0 Å². The van der Waals surface area contributed by atoms with Gasteiger partial charge in [0.25, 0.3) is 0 Å². The van der Waals surface area contributed by atoms with E-state index >= 15 is 0 Å². The van der Waals surface area contributed by atoms with Gasteiger partial charge in [-0.15, -0.1) is 6.42 Å². The Morgan fingerprint density at radius 3 is 2.32 bits per heavy atom. The molecule has 0 bridgehead atoms. The molecule has 2 atom stereocenters. The fourth-order valence-corrected chi connectivity index (χ4v) is 3.65. The van der Waals surface area contributed by atoms with E-state index in [1.165, 1.54) is 11.3 Å². The predicted molar refractivity (Wildman–Crippen MR) is 138 cm³/mol. The summed E-state index contributed by atoms with van der Waals surface area (Å²) in [6, 6.07) is -1.02. The van der Waals surface area contributed by atoms with Crippen LogP contribution in [0.2, 0.25) is 0 Å². The van der Waals surface area contributed by atoms with Crippen molar-refractivity contribution in [1.82, 2.24) is 15.1 Å². The molecule has 1 aliphatic heterocycles. The van der Waals surface area contributed by atoms with Crippen molar-refractivity contribution in [3.05, 3.63) is 11.6 Å². The molecule has 0 radical (unpaired) electrons. The van der Waals surface area contributed by atoms with E-state index in [0.29, 0.717) is 18.6 Å². The predicted octanol–water partition coefficient (Wildman–Crippen LogP) is 3.78. The van der Waals surface area contributed by atoms with Crippen molar-refractivity contribution in [3.63, 3.8) is 0 Å². The molecule has 0 aromatic rings. The molecule has 194 valence electrons. The number of esters is 1. The second kappa shape index (κ2) is 15.5. The van der Waals surface area contributed by atoms with Gasteiger partial charge in [-0.2, -0.15) is 0 Å². The van der Waals surface area contributed by atoms with Gasteiger partial charge in [-0.25, -0.2) is 4.79 Å². The Bertz CT molecular complexity index is 737. The number of terminal acetylenes is 1. The highest BCUT2D eigenvalue weighted by Gasteiger charge is 2.38. The number of rotatable bonds is 9. The van der Waals surface area contributed by atoms with Crippen LogP contribution in [0.4, 0.5) is 0 Å². The quantitative estimate of drug-likeness (QED) is 0.311. The monoisotopic (exact) mass is 477 g/mol.